The number of benzene rings is 1. The van der Waals surface area contributed by atoms with Crippen LogP contribution in [0.15, 0.2) is 36.7 Å². The van der Waals surface area contributed by atoms with Gasteiger partial charge in [0.2, 0.25) is 5.95 Å². The van der Waals surface area contributed by atoms with E-state index < -0.39 is 11.8 Å². The normalized spacial score (nSPS) is 23.3. The summed E-state index contributed by atoms with van der Waals surface area (Å²) >= 11 is 0. The van der Waals surface area contributed by atoms with Gasteiger partial charge in [0.25, 0.3) is 0 Å². The quantitative estimate of drug-likeness (QED) is 0.810. The lowest BCUT2D eigenvalue weighted by Gasteiger charge is -2.62. The third-order valence-electron chi connectivity index (χ3n) is 6.98. The Labute approximate surface area is 170 Å². The van der Waals surface area contributed by atoms with Crippen molar-refractivity contribution >= 4 is 17.8 Å². The molecule has 7 nitrogen and oxygen atoms in total. The molecule has 2 amide bonds. The van der Waals surface area contributed by atoms with Crippen molar-refractivity contribution in [2.75, 3.05) is 11.9 Å². The molecule has 3 fully saturated rings. The molecule has 1 atom stereocenters. The number of carbonyl (C=O) groups is 2. The van der Waals surface area contributed by atoms with Crippen LogP contribution in [0.5, 0.6) is 0 Å². The van der Waals surface area contributed by atoms with Gasteiger partial charge in [0.1, 0.15) is 6.33 Å². The summed E-state index contributed by atoms with van der Waals surface area (Å²) < 4.78 is 1.83. The van der Waals surface area contributed by atoms with Crippen LogP contribution in [0.2, 0.25) is 0 Å². The fourth-order valence-corrected chi connectivity index (χ4v) is 5.29. The number of amides is 2. The Morgan fingerprint density at radius 1 is 1.03 bits per heavy atom. The van der Waals surface area contributed by atoms with E-state index in [2.05, 4.69) is 27.5 Å². The van der Waals surface area contributed by atoms with Crippen molar-refractivity contribution in [1.29, 1.82) is 0 Å². The van der Waals surface area contributed by atoms with Crippen molar-refractivity contribution in [3.8, 4) is 0 Å². The molecule has 0 radical (unpaired) electrons. The molecule has 7 heteroatoms. The fourth-order valence-electron chi connectivity index (χ4n) is 5.29. The van der Waals surface area contributed by atoms with Crippen molar-refractivity contribution in [2.24, 2.45) is 5.41 Å². The van der Waals surface area contributed by atoms with Crippen molar-refractivity contribution in [3.05, 3.63) is 42.2 Å². The van der Waals surface area contributed by atoms with E-state index in [4.69, 9.17) is 0 Å². The lowest BCUT2D eigenvalue weighted by Crippen LogP contribution is -2.64. The van der Waals surface area contributed by atoms with Crippen molar-refractivity contribution in [1.82, 2.24) is 19.7 Å². The molecule has 1 N–H and O–H groups in total. The van der Waals surface area contributed by atoms with Crippen LogP contribution in [0.1, 0.15) is 69.0 Å². The van der Waals surface area contributed by atoms with E-state index >= 15 is 0 Å². The van der Waals surface area contributed by atoms with E-state index in [1.807, 2.05) is 22.9 Å². The topological polar surface area (TPSA) is 80.1 Å². The Hall–Kier alpha value is -2.70. The van der Waals surface area contributed by atoms with E-state index in [-0.39, 0.29) is 17.4 Å². The van der Waals surface area contributed by atoms with Gasteiger partial charge in [-0.05, 0) is 31.2 Å². The average molecular weight is 393 g/mol. The first-order valence-corrected chi connectivity index (χ1v) is 10.7. The number of hydrogen-bond acceptors (Lipinski definition) is 4. The molecular formula is C22H27N5O2. The maximum atomic E-state index is 12.9. The first kappa shape index (κ1) is 18.3. The van der Waals surface area contributed by atoms with Gasteiger partial charge in [-0.25, -0.2) is 9.67 Å². The minimum Gasteiger partial charge on any atom is -0.326 e. The Morgan fingerprint density at radius 3 is 2.48 bits per heavy atom. The Bertz CT molecular complexity index is 899. The van der Waals surface area contributed by atoms with Crippen LogP contribution in [0.4, 0.5) is 5.95 Å². The maximum Gasteiger partial charge on any atom is 0.316 e. The van der Waals surface area contributed by atoms with Gasteiger partial charge in [-0.3, -0.25) is 14.9 Å². The molecule has 2 aliphatic carbocycles. The number of carbonyl (C=O) groups excluding carboxylic acids is 2. The van der Waals surface area contributed by atoms with Crippen molar-refractivity contribution in [2.45, 2.75) is 63.5 Å². The zero-order chi connectivity index (χ0) is 19.8. The molecule has 1 spiro atoms. The molecule has 2 aromatic rings. The van der Waals surface area contributed by atoms with E-state index in [0.29, 0.717) is 12.6 Å². The number of rotatable bonds is 3. The van der Waals surface area contributed by atoms with Gasteiger partial charge in [0.15, 0.2) is 0 Å². The summed E-state index contributed by atoms with van der Waals surface area (Å²) in [6.45, 7) is 0.656. The second-order valence-corrected chi connectivity index (χ2v) is 8.76. The van der Waals surface area contributed by atoms with E-state index in [9.17, 15) is 9.59 Å². The second-order valence-electron chi connectivity index (χ2n) is 8.76. The summed E-state index contributed by atoms with van der Waals surface area (Å²) in [6.07, 6.45) is 10.9. The van der Waals surface area contributed by atoms with Crippen LogP contribution in [-0.2, 0) is 9.59 Å². The van der Waals surface area contributed by atoms with Crippen molar-refractivity contribution in [3.63, 3.8) is 0 Å². The summed E-state index contributed by atoms with van der Waals surface area (Å²) in [5.74, 6) is -0.934. The highest BCUT2D eigenvalue weighted by Gasteiger charge is 2.58. The van der Waals surface area contributed by atoms with Gasteiger partial charge >= 0.3 is 11.8 Å². The number of anilines is 1. The Kier molecular flexibility index (Phi) is 4.60. The molecule has 1 aromatic heterocycles. The molecule has 1 unspecified atom stereocenters. The van der Waals surface area contributed by atoms with Gasteiger partial charge in [-0.15, -0.1) is 5.10 Å². The van der Waals surface area contributed by atoms with E-state index in [1.54, 1.807) is 11.2 Å². The van der Waals surface area contributed by atoms with Crippen LogP contribution >= 0.6 is 0 Å². The molecule has 1 aromatic carbocycles. The lowest BCUT2D eigenvalue weighted by atomic mass is 9.56. The SMILES string of the molecule is O=C(Nc1ncn(C2CCCCC2)n1)C(=O)N1CC2(CCC2)C1c1ccccc1. The largest absolute Gasteiger partial charge is 0.326 e. The number of nitrogens with zero attached hydrogens (tertiary/aromatic N) is 4. The zero-order valence-electron chi connectivity index (χ0n) is 16.6. The number of aromatic nitrogens is 3. The van der Waals surface area contributed by atoms with Crippen LogP contribution in [0.25, 0.3) is 0 Å². The highest BCUT2D eigenvalue weighted by Crippen LogP contribution is 2.60. The molecule has 2 saturated carbocycles. The first-order chi connectivity index (χ1) is 14.2. The zero-order valence-corrected chi connectivity index (χ0v) is 16.6. The molecular weight excluding hydrogens is 366 g/mol. The molecule has 5 rings (SSSR count). The number of hydrogen-bond donors (Lipinski definition) is 1. The molecule has 1 saturated heterocycles. The molecule has 0 bridgehead atoms. The fraction of sp³-hybridized carbons (Fsp3) is 0.545. The average Bonchev–Trinajstić information content (AvgIpc) is 3.16. The predicted octanol–water partition coefficient (Wildman–Crippen LogP) is 3.48. The third kappa shape index (κ3) is 3.22. The van der Waals surface area contributed by atoms with Crippen LogP contribution in [0.3, 0.4) is 0 Å². The lowest BCUT2D eigenvalue weighted by molar-refractivity contribution is -0.172. The number of likely N-dealkylation sites (tertiary alicyclic amines) is 1. The van der Waals surface area contributed by atoms with Gasteiger partial charge in [-0.2, -0.15) is 0 Å². The third-order valence-corrected chi connectivity index (χ3v) is 6.98. The van der Waals surface area contributed by atoms with Gasteiger partial charge in [-0.1, -0.05) is 56.0 Å². The summed E-state index contributed by atoms with van der Waals surface area (Å²) in [4.78, 5) is 31.4. The summed E-state index contributed by atoms with van der Waals surface area (Å²) in [5, 5.41) is 7.01. The molecule has 2 heterocycles. The highest BCUT2D eigenvalue weighted by atomic mass is 16.2. The smallest absolute Gasteiger partial charge is 0.316 e. The first-order valence-electron chi connectivity index (χ1n) is 10.7. The van der Waals surface area contributed by atoms with E-state index in [0.717, 1.165) is 31.2 Å². The minimum absolute atomic E-state index is 0.0107. The Balaban J connectivity index is 1.27. The minimum atomic E-state index is -0.651. The maximum absolute atomic E-state index is 12.9. The molecule has 29 heavy (non-hydrogen) atoms. The Morgan fingerprint density at radius 2 is 1.79 bits per heavy atom. The van der Waals surface area contributed by atoms with Crippen molar-refractivity contribution < 1.29 is 9.59 Å². The summed E-state index contributed by atoms with van der Waals surface area (Å²) in [7, 11) is 0. The second kappa shape index (κ2) is 7.28. The van der Waals surface area contributed by atoms with Gasteiger partial charge < -0.3 is 4.90 Å². The van der Waals surface area contributed by atoms with Crippen LogP contribution < -0.4 is 5.32 Å². The standard InChI is InChI=1S/C22H27N5O2/c28-19(24-21-23-15-27(25-21)17-10-5-2-6-11-17)20(29)26-14-22(12-7-13-22)18(26)16-8-3-1-4-9-16/h1,3-4,8-9,15,17-18H,2,5-7,10-14H2,(H,24,25,28). The van der Waals surface area contributed by atoms with E-state index in [1.165, 1.54) is 25.7 Å². The highest BCUT2D eigenvalue weighted by molar-refractivity contribution is 6.39. The molecule has 1 aliphatic heterocycles. The van der Waals surface area contributed by atoms with Crippen LogP contribution in [0, 0.1) is 5.41 Å². The molecule has 3 aliphatic rings. The predicted molar refractivity (Wildman–Crippen MR) is 108 cm³/mol. The summed E-state index contributed by atoms with van der Waals surface area (Å²) in [6, 6.07) is 10.4. The van der Waals surface area contributed by atoms with Gasteiger partial charge in [0.05, 0.1) is 12.1 Å². The van der Waals surface area contributed by atoms with Gasteiger partial charge in [0, 0.05) is 12.0 Å². The monoisotopic (exact) mass is 393 g/mol. The van der Waals surface area contributed by atoms with Crippen LogP contribution in [-0.4, -0.2) is 38.0 Å². The molecule has 152 valence electrons. The summed E-state index contributed by atoms with van der Waals surface area (Å²) in [5.41, 5.74) is 1.26. The number of nitrogens with one attached hydrogen (secondary N) is 1.